The van der Waals surface area contributed by atoms with Crippen LogP contribution < -0.4 is 0 Å². The molecule has 0 bridgehead atoms. The van der Waals surface area contributed by atoms with E-state index in [4.69, 9.17) is 0 Å². The van der Waals surface area contributed by atoms with Gasteiger partial charge in [-0.2, -0.15) is 0 Å². The summed E-state index contributed by atoms with van der Waals surface area (Å²) in [4.78, 5) is 17.3. The molecule has 0 N–H and O–H groups in total. The number of carbonyl (C=O) groups is 1. The molecular weight excluding hydrogens is 248 g/mol. The molecule has 2 heterocycles. The van der Waals surface area contributed by atoms with Gasteiger partial charge in [-0.15, -0.1) is 0 Å². The van der Waals surface area contributed by atoms with Crippen LogP contribution in [-0.4, -0.2) is 47.9 Å². The fraction of sp³-hybridized carbons (Fsp3) is 0.588. The van der Waals surface area contributed by atoms with E-state index in [1.54, 1.807) is 0 Å². The lowest BCUT2D eigenvalue weighted by Crippen LogP contribution is -2.52. The van der Waals surface area contributed by atoms with Crippen molar-refractivity contribution in [1.29, 1.82) is 0 Å². The second kappa shape index (κ2) is 5.21. The number of hydrogen-bond donors (Lipinski definition) is 0. The van der Waals surface area contributed by atoms with E-state index in [1.165, 1.54) is 5.56 Å². The smallest absolute Gasteiger partial charge is 0.230 e. The van der Waals surface area contributed by atoms with Crippen molar-refractivity contribution >= 4 is 5.91 Å². The highest BCUT2D eigenvalue weighted by Crippen LogP contribution is 2.45. The van der Waals surface area contributed by atoms with Gasteiger partial charge in [0.25, 0.3) is 0 Å². The summed E-state index contributed by atoms with van der Waals surface area (Å²) in [6.45, 7) is 5.16. The zero-order valence-electron chi connectivity index (χ0n) is 12.5. The summed E-state index contributed by atoms with van der Waals surface area (Å²) in [5.74, 6) is 0.405. The molecule has 1 spiro atoms. The van der Waals surface area contributed by atoms with Gasteiger partial charge in [0.1, 0.15) is 0 Å². The lowest BCUT2D eigenvalue weighted by atomic mass is 9.81. The SMILES string of the molecule is CCN1C(=O)[C@@H](c2ccccc2)CC12CCN(C)CC2. The minimum absolute atomic E-state index is 0.0690. The maximum atomic E-state index is 12.8. The van der Waals surface area contributed by atoms with E-state index >= 15 is 0 Å². The number of amides is 1. The van der Waals surface area contributed by atoms with Crippen molar-refractivity contribution in [2.24, 2.45) is 0 Å². The summed E-state index contributed by atoms with van der Waals surface area (Å²) in [6, 6.07) is 10.3. The van der Waals surface area contributed by atoms with E-state index in [0.29, 0.717) is 5.91 Å². The lowest BCUT2D eigenvalue weighted by Gasteiger charge is -2.43. The standard InChI is InChI=1S/C17H24N2O/c1-3-19-16(20)15(14-7-5-4-6-8-14)13-17(19)9-11-18(2)12-10-17/h4-8,15H,3,9-13H2,1-2H3/t15-/m1/s1. The van der Waals surface area contributed by atoms with Crippen molar-refractivity contribution in [3.05, 3.63) is 35.9 Å². The molecule has 1 amide bonds. The van der Waals surface area contributed by atoms with Gasteiger partial charge in [-0.1, -0.05) is 30.3 Å². The molecule has 0 aliphatic carbocycles. The molecule has 1 aromatic rings. The molecule has 0 aromatic heterocycles. The van der Waals surface area contributed by atoms with Crippen LogP contribution in [0.2, 0.25) is 0 Å². The van der Waals surface area contributed by atoms with E-state index in [1.807, 2.05) is 18.2 Å². The Morgan fingerprint density at radius 3 is 2.45 bits per heavy atom. The Bertz CT molecular complexity index is 477. The largest absolute Gasteiger partial charge is 0.337 e. The van der Waals surface area contributed by atoms with Crippen LogP contribution in [0.3, 0.4) is 0 Å². The minimum Gasteiger partial charge on any atom is -0.337 e. The number of likely N-dealkylation sites (tertiary alicyclic amines) is 2. The van der Waals surface area contributed by atoms with Crippen LogP contribution in [-0.2, 0) is 4.79 Å². The zero-order valence-corrected chi connectivity index (χ0v) is 12.5. The van der Waals surface area contributed by atoms with Crippen molar-refractivity contribution in [2.45, 2.75) is 37.6 Å². The normalized spacial score (nSPS) is 26.4. The second-order valence-corrected chi connectivity index (χ2v) is 6.28. The Morgan fingerprint density at radius 2 is 1.85 bits per heavy atom. The molecule has 2 saturated heterocycles. The zero-order chi connectivity index (χ0) is 14.2. The third kappa shape index (κ3) is 2.14. The highest BCUT2D eigenvalue weighted by atomic mass is 16.2. The van der Waals surface area contributed by atoms with Gasteiger partial charge in [0.15, 0.2) is 0 Å². The van der Waals surface area contributed by atoms with Crippen LogP contribution in [0.4, 0.5) is 0 Å². The number of benzene rings is 1. The fourth-order valence-corrected chi connectivity index (χ4v) is 3.95. The third-order valence-electron chi connectivity index (χ3n) is 5.16. The monoisotopic (exact) mass is 272 g/mol. The maximum Gasteiger partial charge on any atom is 0.230 e. The van der Waals surface area contributed by atoms with Gasteiger partial charge >= 0.3 is 0 Å². The Hall–Kier alpha value is -1.35. The Kier molecular flexibility index (Phi) is 3.55. The first-order valence-corrected chi connectivity index (χ1v) is 7.71. The van der Waals surface area contributed by atoms with Crippen LogP contribution in [0.5, 0.6) is 0 Å². The van der Waals surface area contributed by atoms with Gasteiger partial charge in [0, 0.05) is 25.2 Å². The summed E-state index contributed by atoms with van der Waals surface area (Å²) in [7, 11) is 2.18. The van der Waals surface area contributed by atoms with Crippen molar-refractivity contribution in [3.8, 4) is 0 Å². The van der Waals surface area contributed by atoms with Gasteiger partial charge in [-0.3, -0.25) is 4.79 Å². The van der Waals surface area contributed by atoms with E-state index < -0.39 is 0 Å². The highest BCUT2D eigenvalue weighted by Gasteiger charge is 2.50. The maximum absolute atomic E-state index is 12.8. The van der Waals surface area contributed by atoms with E-state index in [9.17, 15) is 4.79 Å². The molecule has 3 nitrogen and oxygen atoms in total. The van der Waals surface area contributed by atoms with Crippen molar-refractivity contribution < 1.29 is 4.79 Å². The number of rotatable bonds is 2. The molecule has 0 saturated carbocycles. The predicted molar refractivity (Wildman–Crippen MR) is 80.6 cm³/mol. The van der Waals surface area contributed by atoms with Crippen LogP contribution in [0, 0.1) is 0 Å². The summed E-state index contributed by atoms with van der Waals surface area (Å²) < 4.78 is 0. The number of piperidine rings is 1. The van der Waals surface area contributed by atoms with E-state index in [-0.39, 0.29) is 11.5 Å². The quantitative estimate of drug-likeness (QED) is 0.826. The summed E-state index contributed by atoms with van der Waals surface area (Å²) >= 11 is 0. The van der Waals surface area contributed by atoms with Crippen molar-refractivity contribution in [2.75, 3.05) is 26.7 Å². The number of likely N-dealkylation sites (N-methyl/N-ethyl adjacent to an activating group) is 1. The Labute approximate surface area is 121 Å². The van der Waals surface area contributed by atoms with Gasteiger partial charge in [0.2, 0.25) is 5.91 Å². The number of hydrogen-bond acceptors (Lipinski definition) is 2. The van der Waals surface area contributed by atoms with Gasteiger partial charge in [0.05, 0.1) is 5.92 Å². The fourth-order valence-electron chi connectivity index (χ4n) is 3.95. The molecule has 0 radical (unpaired) electrons. The first-order valence-electron chi connectivity index (χ1n) is 7.71. The first-order chi connectivity index (χ1) is 9.66. The lowest BCUT2D eigenvalue weighted by molar-refractivity contribution is -0.133. The van der Waals surface area contributed by atoms with Crippen LogP contribution in [0.15, 0.2) is 30.3 Å². The molecule has 3 rings (SSSR count). The summed E-state index contributed by atoms with van der Waals surface area (Å²) in [5, 5.41) is 0. The number of carbonyl (C=O) groups excluding carboxylic acids is 1. The van der Waals surface area contributed by atoms with Gasteiger partial charge in [-0.25, -0.2) is 0 Å². The Balaban J connectivity index is 1.88. The number of nitrogens with zero attached hydrogens (tertiary/aromatic N) is 2. The second-order valence-electron chi connectivity index (χ2n) is 6.28. The van der Waals surface area contributed by atoms with Gasteiger partial charge < -0.3 is 9.80 Å². The van der Waals surface area contributed by atoms with E-state index in [0.717, 1.165) is 38.9 Å². The molecule has 20 heavy (non-hydrogen) atoms. The molecule has 108 valence electrons. The van der Waals surface area contributed by atoms with Crippen LogP contribution >= 0.6 is 0 Å². The van der Waals surface area contributed by atoms with Gasteiger partial charge in [-0.05, 0) is 38.8 Å². The molecule has 1 atom stereocenters. The topological polar surface area (TPSA) is 23.6 Å². The molecule has 0 unspecified atom stereocenters. The highest BCUT2D eigenvalue weighted by molar-refractivity contribution is 5.87. The van der Waals surface area contributed by atoms with Crippen LogP contribution in [0.1, 0.15) is 37.7 Å². The van der Waals surface area contributed by atoms with Crippen molar-refractivity contribution in [3.63, 3.8) is 0 Å². The first kappa shape index (κ1) is 13.6. The molecule has 1 aromatic carbocycles. The summed E-state index contributed by atoms with van der Waals surface area (Å²) in [6.07, 6.45) is 3.23. The minimum atomic E-state index is 0.0690. The molecular formula is C17H24N2O. The molecule has 3 heteroatoms. The molecule has 2 aliphatic heterocycles. The average molecular weight is 272 g/mol. The third-order valence-corrected chi connectivity index (χ3v) is 5.16. The summed E-state index contributed by atoms with van der Waals surface area (Å²) in [5.41, 5.74) is 1.30. The molecule has 2 fully saturated rings. The predicted octanol–water partition coefficient (Wildman–Crippen LogP) is 2.49. The molecule has 2 aliphatic rings. The van der Waals surface area contributed by atoms with Crippen LogP contribution in [0.25, 0.3) is 0 Å². The van der Waals surface area contributed by atoms with Crippen molar-refractivity contribution in [1.82, 2.24) is 9.80 Å². The van der Waals surface area contributed by atoms with E-state index in [2.05, 4.69) is 35.9 Å². The average Bonchev–Trinajstić information content (AvgIpc) is 2.76. The Morgan fingerprint density at radius 1 is 1.20 bits per heavy atom.